The zero-order chi connectivity index (χ0) is 12.0. The molecule has 0 fully saturated rings. The van der Waals surface area contributed by atoms with E-state index in [4.69, 9.17) is 9.47 Å². The van der Waals surface area contributed by atoms with Gasteiger partial charge in [-0.05, 0) is 12.3 Å². The highest BCUT2D eigenvalue weighted by Gasteiger charge is 2.29. The fraction of sp³-hybridized carbons (Fsp3) is 0.769. The minimum Gasteiger partial charge on any atom is -0.490 e. The molecule has 0 amide bonds. The highest BCUT2D eigenvalue weighted by molar-refractivity contribution is 5.88. The van der Waals surface area contributed by atoms with E-state index in [1.165, 1.54) is 32.8 Å². The van der Waals surface area contributed by atoms with Gasteiger partial charge >= 0.3 is 5.97 Å². The first-order chi connectivity index (χ1) is 7.69. The molecule has 1 aliphatic heterocycles. The van der Waals surface area contributed by atoms with Crippen molar-refractivity contribution in [3.63, 3.8) is 0 Å². The van der Waals surface area contributed by atoms with Crippen molar-refractivity contribution < 1.29 is 14.3 Å². The van der Waals surface area contributed by atoms with Crippen molar-refractivity contribution in [1.82, 2.24) is 0 Å². The second kappa shape index (κ2) is 6.56. The maximum atomic E-state index is 11.3. The van der Waals surface area contributed by atoms with Crippen molar-refractivity contribution in [2.45, 2.75) is 52.1 Å². The normalized spacial score (nSPS) is 21.6. The minimum absolute atomic E-state index is 0.0934. The summed E-state index contributed by atoms with van der Waals surface area (Å²) in [6.07, 6.45) is 7.82. The number of hydrogen-bond donors (Lipinski definition) is 0. The summed E-state index contributed by atoms with van der Waals surface area (Å²) in [5.74, 6) is 0.409. The number of unbranched alkanes of at least 4 members (excludes halogenated alkanes) is 3. The van der Waals surface area contributed by atoms with Gasteiger partial charge in [0.15, 0.2) is 0 Å². The maximum absolute atomic E-state index is 11.3. The van der Waals surface area contributed by atoms with Gasteiger partial charge in [0.1, 0.15) is 6.10 Å². The molecule has 1 aliphatic rings. The smallest absolute Gasteiger partial charge is 0.373 e. The molecule has 0 aliphatic carbocycles. The van der Waals surface area contributed by atoms with Gasteiger partial charge in [0, 0.05) is 6.08 Å². The lowest BCUT2D eigenvalue weighted by Gasteiger charge is -2.16. The van der Waals surface area contributed by atoms with Crippen LogP contribution in [0.15, 0.2) is 11.8 Å². The third-order valence-corrected chi connectivity index (χ3v) is 3.05. The van der Waals surface area contributed by atoms with Crippen molar-refractivity contribution >= 4 is 5.97 Å². The SMILES string of the molecule is CCCCCCC(C)C1C=C(OC)C(=O)O1. The molecule has 0 saturated carbocycles. The van der Waals surface area contributed by atoms with Crippen molar-refractivity contribution in [3.05, 3.63) is 11.8 Å². The largest absolute Gasteiger partial charge is 0.490 e. The van der Waals surface area contributed by atoms with Crippen molar-refractivity contribution in [2.75, 3.05) is 7.11 Å². The molecule has 16 heavy (non-hydrogen) atoms. The molecule has 0 aromatic rings. The van der Waals surface area contributed by atoms with Crippen molar-refractivity contribution in [3.8, 4) is 0 Å². The lowest BCUT2D eigenvalue weighted by Crippen LogP contribution is -2.17. The van der Waals surface area contributed by atoms with E-state index in [9.17, 15) is 4.79 Å². The number of rotatable bonds is 7. The fourth-order valence-electron chi connectivity index (χ4n) is 1.92. The summed E-state index contributed by atoms with van der Waals surface area (Å²) in [6.45, 7) is 4.33. The predicted octanol–water partition coefficient (Wildman–Crippen LogP) is 3.05. The molecule has 0 aromatic heterocycles. The van der Waals surface area contributed by atoms with Gasteiger partial charge in [-0.3, -0.25) is 0 Å². The van der Waals surface area contributed by atoms with E-state index in [-0.39, 0.29) is 12.1 Å². The Kier molecular flexibility index (Phi) is 5.36. The van der Waals surface area contributed by atoms with Crippen LogP contribution in [-0.2, 0) is 14.3 Å². The second-order valence-corrected chi connectivity index (χ2v) is 4.43. The van der Waals surface area contributed by atoms with E-state index < -0.39 is 0 Å². The van der Waals surface area contributed by atoms with Crippen LogP contribution in [0, 0.1) is 5.92 Å². The predicted molar refractivity (Wildman–Crippen MR) is 62.9 cm³/mol. The van der Waals surface area contributed by atoms with E-state index in [2.05, 4.69) is 13.8 Å². The van der Waals surface area contributed by atoms with Crippen LogP contribution >= 0.6 is 0 Å². The molecular weight excluding hydrogens is 204 g/mol. The summed E-state index contributed by atoms with van der Waals surface area (Å²) in [5.41, 5.74) is 0. The number of cyclic esters (lactones) is 1. The lowest BCUT2D eigenvalue weighted by atomic mass is 9.97. The summed E-state index contributed by atoms with van der Waals surface area (Å²) >= 11 is 0. The van der Waals surface area contributed by atoms with Crippen LogP contribution in [-0.4, -0.2) is 19.2 Å². The Balaban J connectivity index is 2.30. The second-order valence-electron chi connectivity index (χ2n) is 4.43. The van der Waals surface area contributed by atoms with Gasteiger partial charge in [0.25, 0.3) is 0 Å². The molecule has 0 bridgehead atoms. The summed E-state index contributed by atoms with van der Waals surface area (Å²) in [4.78, 5) is 11.3. The van der Waals surface area contributed by atoms with Crippen LogP contribution in [0.25, 0.3) is 0 Å². The van der Waals surface area contributed by atoms with Gasteiger partial charge in [0.05, 0.1) is 7.11 Å². The van der Waals surface area contributed by atoms with Gasteiger partial charge in [-0.2, -0.15) is 0 Å². The number of ether oxygens (including phenoxy) is 2. The number of carbonyl (C=O) groups is 1. The average molecular weight is 226 g/mol. The quantitative estimate of drug-likeness (QED) is 0.494. The Hall–Kier alpha value is -0.990. The average Bonchev–Trinajstić information content (AvgIpc) is 2.66. The Morgan fingerprint density at radius 3 is 2.75 bits per heavy atom. The summed E-state index contributed by atoms with van der Waals surface area (Å²) in [6, 6.07) is 0. The molecule has 2 atom stereocenters. The van der Waals surface area contributed by atoms with Crippen LogP contribution in [0.4, 0.5) is 0 Å². The van der Waals surface area contributed by atoms with Gasteiger partial charge in [-0.25, -0.2) is 4.79 Å². The molecule has 1 heterocycles. The minimum atomic E-state index is -0.326. The molecular formula is C13H22O3. The summed E-state index contributed by atoms with van der Waals surface area (Å²) < 4.78 is 10.2. The zero-order valence-corrected chi connectivity index (χ0v) is 10.5. The van der Waals surface area contributed by atoms with Gasteiger partial charge in [0.2, 0.25) is 5.76 Å². The third kappa shape index (κ3) is 3.54. The maximum Gasteiger partial charge on any atom is 0.373 e. The van der Waals surface area contributed by atoms with E-state index in [1.54, 1.807) is 6.08 Å². The van der Waals surface area contributed by atoms with Crippen LogP contribution in [0.3, 0.4) is 0 Å². The highest BCUT2D eigenvalue weighted by atomic mass is 16.6. The van der Waals surface area contributed by atoms with Crippen LogP contribution < -0.4 is 0 Å². The van der Waals surface area contributed by atoms with Gasteiger partial charge in [-0.15, -0.1) is 0 Å². The van der Waals surface area contributed by atoms with Crippen LogP contribution in [0.2, 0.25) is 0 Å². The monoisotopic (exact) mass is 226 g/mol. The van der Waals surface area contributed by atoms with Gasteiger partial charge in [-0.1, -0.05) is 39.5 Å². The number of esters is 1. The third-order valence-electron chi connectivity index (χ3n) is 3.05. The Morgan fingerprint density at radius 2 is 2.19 bits per heavy atom. The molecule has 0 N–H and O–H groups in total. The topological polar surface area (TPSA) is 35.5 Å². The standard InChI is InChI=1S/C13H22O3/c1-4-5-6-7-8-10(2)11-9-12(15-3)13(14)16-11/h9-11H,4-8H2,1-3H3. The molecule has 3 heteroatoms. The van der Waals surface area contributed by atoms with Crippen LogP contribution in [0.5, 0.6) is 0 Å². The van der Waals surface area contributed by atoms with E-state index in [0.717, 1.165) is 6.42 Å². The molecule has 2 unspecified atom stereocenters. The molecule has 1 rings (SSSR count). The Labute approximate surface area is 97.8 Å². The number of carbonyl (C=O) groups excluding carboxylic acids is 1. The molecule has 0 spiro atoms. The highest BCUT2D eigenvalue weighted by Crippen LogP contribution is 2.24. The molecule has 0 saturated heterocycles. The summed E-state index contributed by atoms with van der Waals surface area (Å²) in [7, 11) is 1.50. The first-order valence-corrected chi connectivity index (χ1v) is 6.15. The van der Waals surface area contributed by atoms with Crippen molar-refractivity contribution in [2.24, 2.45) is 5.92 Å². The van der Waals surface area contributed by atoms with E-state index in [0.29, 0.717) is 11.7 Å². The zero-order valence-electron chi connectivity index (χ0n) is 10.5. The van der Waals surface area contributed by atoms with E-state index in [1.807, 2.05) is 0 Å². The van der Waals surface area contributed by atoms with Crippen LogP contribution in [0.1, 0.15) is 46.0 Å². The molecule has 0 radical (unpaired) electrons. The molecule has 92 valence electrons. The number of methoxy groups -OCH3 is 1. The van der Waals surface area contributed by atoms with Gasteiger partial charge < -0.3 is 9.47 Å². The fourth-order valence-corrected chi connectivity index (χ4v) is 1.92. The summed E-state index contributed by atoms with van der Waals surface area (Å²) in [5, 5.41) is 0. The van der Waals surface area contributed by atoms with Crippen molar-refractivity contribution in [1.29, 1.82) is 0 Å². The Bertz CT molecular complexity index is 258. The first kappa shape index (κ1) is 13.1. The van der Waals surface area contributed by atoms with E-state index >= 15 is 0 Å². The lowest BCUT2D eigenvalue weighted by molar-refractivity contribution is -0.144. The Morgan fingerprint density at radius 1 is 1.44 bits per heavy atom. The number of hydrogen-bond acceptors (Lipinski definition) is 3. The molecule has 0 aromatic carbocycles. The molecule has 3 nitrogen and oxygen atoms in total. The first-order valence-electron chi connectivity index (χ1n) is 6.15.